The number of ether oxygens (including phenoxy) is 1. The Hall–Kier alpha value is -1.54. The lowest BCUT2D eigenvalue weighted by atomic mass is 9.87. The summed E-state index contributed by atoms with van der Waals surface area (Å²) in [6, 6.07) is 13.4. The molecule has 0 saturated heterocycles. The highest BCUT2D eigenvalue weighted by atomic mass is 79.9. The first kappa shape index (κ1) is 19.8. The number of benzene rings is 2. The smallest absolute Gasteiger partial charge is 0.259 e. The van der Waals surface area contributed by atoms with Crippen LogP contribution in [0.25, 0.3) is 11.1 Å². The van der Waals surface area contributed by atoms with E-state index in [9.17, 15) is 4.79 Å². The van der Waals surface area contributed by atoms with Crippen molar-refractivity contribution in [3.05, 3.63) is 61.2 Å². The maximum atomic E-state index is 13.6. The Labute approximate surface area is 185 Å². The van der Waals surface area contributed by atoms with E-state index in [4.69, 9.17) is 17.0 Å². The molecule has 7 heteroatoms. The van der Waals surface area contributed by atoms with E-state index in [0.29, 0.717) is 12.2 Å². The molecule has 1 aliphatic rings. The number of carbonyl (C=O) groups is 1. The first-order valence-electron chi connectivity index (χ1n) is 8.85. The van der Waals surface area contributed by atoms with Gasteiger partial charge in [0.1, 0.15) is 9.57 Å². The van der Waals surface area contributed by atoms with Crippen LogP contribution in [0.4, 0.5) is 5.69 Å². The summed E-state index contributed by atoms with van der Waals surface area (Å²) in [6.07, 6.45) is 0. The molecule has 4 rings (SSSR count). The van der Waals surface area contributed by atoms with Crippen molar-refractivity contribution in [2.45, 2.75) is 26.3 Å². The fraction of sp³-hybridized carbons (Fsp3) is 0.238. The standard InChI is InChI=1S/C21H18BrNO2S3/c1-4-25-14-8-5-12(6-9-14)19(24)23-16-10-7-13(22)11-15(16)17-18(21(23,2)3)27-28-20(17)26/h5-11H,4H2,1-3H3. The Morgan fingerprint density at radius 3 is 2.57 bits per heavy atom. The largest absolute Gasteiger partial charge is 0.494 e. The van der Waals surface area contributed by atoms with Crippen LogP contribution in [-0.4, -0.2) is 12.5 Å². The predicted molar refractivity (Wildman–Crippen MR) is 124 cm³/mol. The molecule has 0 radical (unpaired) electrons. The van der Waals surface area contributed by atoms with Crippen LogP contribution < -0.4 is 9.64 Å². The fourth-order valence-electron chi connectivity index (χ4n) is 3.55. The van der Waals surface area contributed by atoms with Crippen LogP contribution in [0.2, 0.25) is 0 Å². The molecule has 1 aromatic heterocycles. The number of anilines is 1. The highest BCUT2D eigenvalue weighted by Crippen LogP contribution is 2.52. The first-order chi connectivity index (χ1) is 13.3. The first-order valence-corrected chi connectivity index (χ1v) is 12.2. The Morgan fingerprint density at radius 2 is 1.89 bits per heavy atom. The molecule has 144 valence electrons. The maximum absolute atomic E-state index is 13.6. The minimum absolute atomic E-state index is 0.0356. The van der Waals surface area contributed by atoms with Gasteiger partial charge in [0.2, 0.25) is 0 Å². The summed E-state index contributed by atoms with van der Waals surface area (Å²) in [7, 11) is 3.26. The summed E-state index contributed by atoms with van der Waals surface area (Å²) in [5.74, 6) is 0.728. The molecule has 0 bridgehead atoms. The van der Waals surface area contributed by atoms with E-state index in [1.807, 2.05) is 48.2 Å². The molecule has 0 fully saturated rings. The molecule has 0 spiro atoms. The number of hydrogen-bond donors (Lipinski definition) is 0. The van der Waals surface area contributed by atoms with Crippen LogP contribution in [0, 0.1) is 3.82 Å². The molecule has 28 heavy (non-hydrogen) atoms. The normalized spacial score (nSPS) is 14.4. The second kappa shape index (κ2) is 7.37. The van der Waals surface area contributed by atoms with Crippen molar-refractivity contribution < 1.29 is 9.53 Å². The summed E-state index contributed by atoms with van der Waals surface area (Å²) < 4.78 is 7.35. The van der Waals surface area contributed by atoms with Crippen LogP contribution in [0.3, 0.4) is 0 Å². The van der Waals surface area contributed by atoms with Gasteiger partial charge in [-0.25, -0.2) is 0 Å². The molecule has 1 aliphatic heterocycles. The van der Waals surface area contributed by atoms with Crippen LogP contribution in [0.5, 0.6) is 5.75 Å². The summed E-state index contributed by atoms with van der Waals surface area (Å²) in [5, 5.41) is 0. The van der Waals surface area contributed by atoms with E-state index in [-0.39, 0.29) is 5.91 Å². The van der Waals surface area contributed by atoms with Gasteiger partial charge in [0, 0.05) is 21.2 Å². The lowest BCUT2D eigenvalue weighted by Crippen LogP contribution is -2.47. The van der Waals surface area contributed by atoms with Crippen molar-refractivity contribution in [3.63, 3.8) is 0 Å². The third-order valence-corrected chi connectivity index (χ3v) is 8.65. The number of nitrogens with zero attached hydrogens (tertiary/aromatic N) is 1. The van der Waals surface area contributed by atoms with Crippen molar-refractivity contribution in [1.82, 2.24) is 0 Å². The van der Waals surface area contributed by atoms with Crippen LogP contribution in [0.1, 0.15) is 36.0 Å². The number of halogens is 1. The number of carbonyl (C=O) groups excluding carboxylic acids is 1. The average Bonchev–Trinajstić information content (AvgIpc) is 3.06. The van der Waals surface area contributed by atoms with E-state index in [0.717, 1.165) is 35.7 Å². The number of hydrogen-bond acceptors (Lipinski definition) is 5. The zero-order valence-electron chi connectivity index (χ0n) is 15.6. The third kappa shape index (κ3) is 3.14. The van der Waals surface area contributed by atoms with Gasteiger partial charge in [-0.15, -0.1) is 0 Å². The highest BCUT2D eigenvalue weighted by molar-refractivity contribution is 9.10. The Morgan fingerprint density at radius 1 is 1.18 bits per heavy atom. The van der Waals surface area contributed by atoms with Crippen LogP contribution in [-0.2, 0) is 5.54 Å². The lowest BCUT2D eigenvalue weighted by Gasteiger charge is -2.43. The van der Waals surface area contributed by atoms with Crippen LogP contribution in [0.15, 0.2) is 46.9 Å². The summed E-state index contributed by atoms with van der Waals surface area (Å²) in [4.78, 5) is 16.6. The van der Waals surface area contributed by atoms with Crippen LogP contribution >= 0.6 is 48.8 Å². The Kier molecular flexibility index (Phi) is 5.20. The molecule has 1 amide bonds. The minimum atomic E-state index is -0.496. The third-order valence-electron chi connectivity index (χ3n) is 4.83. The topological polar surface area (TPSA) is 29.5 Å². The van der Waals surface area contributed by atoms with E-state index in [1.165, 1.54) is 0 Å². The van der Waals surface area contributed by atoms with E-state index in [1.54, 1.807) is 20.7 Å². The molecule has 3 nitrogen and oxygen atoms in total. The molecular weight excluding hydrogens is 474 g/mol. The molecule has 0 atom stereocenters. The molecule has 3 aromatic rings. The molecule has 0 aliphatic carbocycles. The quantitative estimate of drug-likeness (QED) is 0.285. The van der Waals surface area contributed by atoms with Gasteiger partial charge in [-0.05, 0) is 63.2 Å². The van der Waals surface area contributed by atoms with Gasteiger partial charge in [0.25, 0.3) is 5.91 Å². The predicted octanol–water partition coefficient (Wildman–Crippen LogP) is 7.26. The molecule has 0 saturated carbocycles. The SMILES string of the molecule is CCOc1ccc(C(=O)N2c3ccc(Br)cc3-c3c(ssc3=S)C2(C)C)cc1. The summed E-state index contributed by atoms with van der Waals surface area (Å²) in [6.45, 7) is 6.71. The summed E-state index contributed by atoms with van der Waals surface area (Å²) >= 11 is 9.19. The highest BCUT2D eigenvalue weighted by Gasteiger charge is 2.43. The van der Waals surface area contributed by atoms with E-state index < -0.39 is 5.54 Å². The Balaban J connectivity index is 1.87. The second-order valence-electron chi connectivity index (χ2n) is 6.98. The molecule has 0 N–H and O–H groups in total. The lowest BCUT2D eigenvalue weighted by molar-refractivity contribution is 0.0961. The van der Waals surface area contributed by atoms with Gasteiger partial charge in [-0.2, -0.15) is 0 Å². The van der Waals surface area contributed by atoms with Gasteiger partial charge in [-0.3, -0.25) is 9.69 Å². The second-order valence-corrected chi connectivity index (χ2v) is 10.7. The van der Waals surface area contributed by atoms with Crippen molar-refractivity contribution in [2.24, 2.45) is 0 Å². The molecule has 2 heterocycles. The fourth-order valence-corrected chi connectivity index (χ4v) is 7.20. The van der Waals surface area contributed by atoms with E-state index >= 15 is 0 Å². The Bertz CT molecular complexity index is 1120. The average molecular weight is 492 g/mol. The summed E-state index contributed by atoms with van der Waals surface area (Å²) in [5.41, 5.74) is 3.11. The minimum Gasteiger partial charge on any atom is -0.494 e. The number of rotatable bonds is 3. The van der Waals surface area contributed by atoms with Gasteiger partial charge in [0.15, 0.2) is 0 Å². The zero-order valence-corrected chi connectivity index (χ0v) is 19.7. The van der Waals surface area contributed by atoms with E-state index in [2.05, 4.69) is 35.8 Å². The van der Waals surface area contributed by atoms with Crippen molar-refractivity contribution in [2.75, 3.05) is 11.5 Å². The van der Waals surface area contributed by atoms with Crippen molar-refractivity contribution in [1.29, 1.82) is 0 Å². The van der Waals surface area contributed by atoms with Crippen molar-refractivity contribution in [3.8, 4) is 16.9 Å². The van der Waals surface area contributed by atoms with Gasteiger partial charge >= 0.3 is 0 Å². The van der Waals surface area contributed by atoms with Crippen molar-refractivity contribution >= 4 is 60.4 Å². The number of amides is 1. The zero-order chi connectivity index (χ0) is 20.1. The molecular formula is C21H18BrNO2S3. The maximum Gasteiger partial charge on any atom is 0.259 e. The van der Waals surface area contributed by atoms with Gasteiger partial charge < -0.3 is 4.74 Å². The van der Waals surface area contributed by atoms with Gasteiger partial charge in [0.05, 0.1) is 22.7 Å². The number of fused-ring (bicyclic) bond motifs is 3. The van der Waals surface area contributed by atoms with Gasteiger partial charge in [-0.1, -0.05) is 48.8 Å². The monoisotopic (exact) mass is 491 g/mol. The molecule has 2 aromatic carbocycles. The molecule has 0 unspecified atom stereocenters.